The first-order chi connectivity index (χ1) is 7.79. The Bertz CT molecular complexity index is 287. The average molecular weight is 258 g/mol. The highest BCUT2D eigenvalue weighted by Crippen LogP contribution is 2.44. The first kappa shape index (κ1) is 11.4. The highest BCUT2D eigenvalue weighted by molar-refractivity contribution is 8.00. The molecular weight excluding hydrogens is 240 g/mol. The minimum absolute atomic E-state index is 0.140. The average Bonchev–Trinajstić information content (AvgIpc) is 2.88. The SMILES string of the molecule is O=C1CSCC1C1CCOC2(CCSC2)C1. The summed E-state index contributed by atoms with van der Waals surface area (Å²) in [6.07, 6.45) is 3.43. The van der Waals surface area contributed by atoms with Crippen LogP contribution in [0, 0.1) is 11.8 Å². The molecule has 0 aliphatic carbocycles. The van der Waals surface area contributed by atoms with E-state index in [1.165, 1.54) is 12.2 Å². The maximum Gasteiger partial charge on any atom is 0.146 e. The lowest BCUT2D eigenvalue weighted by Gasteiger charge is -2.39. The molecule has 0 aromatic carbocycles. The third kappa shape index (κ3) is 2.04. The van der Waals surface area contributed by atoms with Crippen LogP contribution >= 0.6 is 23.5 Å². The molecule has 0 radical (unpaired) electrons. The smallest absolute Gasteiger partial charge is 0.146 e. The van der Waals surface area contributed by atoms with Gasteiger partial charge in [-0.05, 0) is 30.9 Å². The molecule has 3 rings (SSSR count). The molecule has 3 unspecified atom stereocenters. The number of ketones is 1. The van der Waals surface area contributed by atoms with Crippen molar-refractivity contribution in [2.45, 2.75) is 24.9 Å². The topological polar surface area (TPSA) is 26.3 Å². The maximum atomic E-state index is 11.8. The summed E-state index contributed by atoms with van der Waals surface area (Å²) < 4.78 is 6.01. The lowest BCUT2D eigenvalue weighted by atomic mass is 9.77. The van der Waals surface area contributed by atoms with Gasteiger partial charge >= 0.3 is 0 Å². The van der Waals surface area contributed by atoms with Crippen molar-refractivity contribution in [3.8, 4) is 0 Å². The van der Waals surface area contributed by atoms with Gasteiger partial charge in [0.05, 0.1) is 11.4 Å². The lowest BCUT2D eigenvalue weighted by Crippen LogP contribution is -2.43. The molecule has 0 saturated carbocycles. The Morgan fingerprint density at radius 1 is 1.38 bits per heavy atom. The lowest BCUT2D eigenvalue weighted by molar-refractivity contribution is -0.126. The highest BCUT2D eigenvalue weighted by Gasteiger charge is 2.44. The zero-order valence-electron chi connectivity index (χ0n) is 9.44. The van der Waals surface area contributed by atoms with Gasteiger partial charge in [-0.3, -0.25) is 4.79 Å². The van der Waals surface area contributed by atoms with Crippen LogP contribution in [0.5, 0.6) is 0 Å². The molecule has 0 aromatic rings. The van der Waals surface area contributed by atoms with E-state index in [-0.39, 0.29) is 5.60 Å². The largest absolute Gasteiger partial charge is 0.374 e. The Balaban J connectivity index is 1.69. The van der Waals surface area contributed by atoms with Gasteiger partial charge in [0.1, 0.15) is 5.78 Å². The van der Waals surface area contributed by atoms with E-state index in [4.69, 9.17) is 4.74 Å². The molecule has 0 N–H and O–H groups in total. The van der Waals surface area contributed by atoms with E-state index >= 15 is 0 Å². The molecular formula is C12H18O2S2. The number of hydrogen-bond donors (Lipinski definition) is 0. The van der Waals surface area contributed by atoms with Crippen molar-refractivity contribution < 1.29 is 9.53 Å². The van der Waals surface area contributed by atoms with Crippen molar-refractivity contribution in [1.29, 1.82) is 0 Å². The molecule has 3 atom stereocenters. The minimum atomic E-state index is 0.140. The predicted octanol–water partition coefficient (Wildman–Crippen LogP) is 2.22. The summed E-state index contributed by atoms with van der Waals surface area (Å²) in [7, 11) is 0. The number of thioether (sulfide) groups is 2. The molecule has 3 aliphatic heterocycles. The molecule has 4 heteroatoms. The van der Waals surface area contributed by atoms with Gasteiger partial charge < -0.3 is 4.74 Å². The summed E-state index contributed by atoms with van der Waals surface area (Å²) in [5.41, 5.74) is 0.140. The molecule has 0 aromatic heterocycles. The Labute approximate surface area is 105 Å². The summed E-state index contributed by atoms with van der Waals surface area (Å²) >= 11 is 3.83. The Kier molecular flexibility index (Phi) is 3.24. The van der Waals surface area contributed by atoms with Crippen molar-refractivity contribution in [1.82, 2.24) is 0 Å². The number of ether oxygens (including phenoxy) is 1. The van der Waals surface area contributed by atoms with E-state index in [0.29, 0.717) is 17.6 Å². The number of rotatable bonds is 1. The second-order valence-corrected chi connectivity index (χ2v) is 7.31. The fourth-order valence-corrected chi connectivity index (χ4v) is 5.78. The predicted molar refractivity (Wildman–Crippen MR) is 69.2 cm³/mol. The van der Waals surface area contributed by atoms with Crippen LogP contribution < -0.4 is 0 Å². The molecule has 16 heavy (non-hydrogen) atoms. The second-order valence-electron chi connectivity index (χ2n) is 5.17. The van der Waals surface area contributed by atoms with E-state index in [9.17, 15) is 4.79 Å². The first-order valence-electron chi connectivity index (χ1n) is 6.11. The molecule has 3 fully saturated rings. The van der Waals surface area contributed by atoms with E-state index in [1.54, 1.807) is 0 Å². The number of Topliss-reactive ketones (excluding diaryl/α,β-unsaturated/α-hetero) is 1. The molecule has 0 amide bonds. The maximum absolute atomic E-state index is 11.8. The standard InChI is InChI=1S/C12H18O2S2/c13-11-7-16-6-10(11)9-1-3-14-12(5-9)2-4-15-8-12/h9-10H,1-8H2. The third-order valence-electron chi connectivity index (χ3n) is 4.12. The molecule has 2 nitrogen and oxygen atoms in total. The van der Waals surface area contributed by atoms with Crippen molar-refractivity contribution in [3.63, 3.8) is 0 Å². The van der Waals surface area contributed by atoms with Crippen LogP contribution in [-0.4, -0.2) is 41.0 Å². The van der Waals surface area contributed by atoms with Crippen molar-refractivity contribution >= 4 is 29.3 Å². The van der Waals surface area contributed by atoms with E-state index in [0.717, 1.165) is 36.7 Å². The van der Waals surface area contributed by atoms with Gasteiger partial charge in [0.15, 0.2) is 0 Å². The van der Waals surface area contributed by atoms with Crippen LogP contribution in [-0.2, 0) is 9.53 Å². The van der Waals surface area contributed by atoms with E-state index in [2.05, 4.69) is 0 Å². The molecule has 3 heterocycles. The van der Waals surface area contributed by atoms with Crippen molar-refractivity contribution in [2.24, 2.45) is 11.8 Å². The summed E-state index contributed by atoms with van der Waals surface area (Å²) in [4.78, 5) is 11.8. The Hall–Kier alpha value is 0.330. The molecule has 3 saturated heterocycles. The Morgan fingerprint density at radius 3 is 3.00 bits per heavy atom. The minimum Gasteiger partial charge on any atom is -0.374 e. The van der Waals surface area contributed by atoms with Crippen molar-refractivity contribution in [2.75, 3.05) is 29.6 Å². The fraction of sp³-hybridized carbons (Fsp3) is 0.917. The van der Waals surface area contributed by atoms with Crippen LogP contribution in [0.2, 0.25) is 0 Å². The normalized spacial score (nSPS) is 44.4. The van der Waals surface area contributed by atoms with E-state index in [1.807, 2.05) is 23.5 Å². The second kappa shape index (κ2) is 4.54. The Morgan fingerprint density at radius 2 is 2.31 bits per heavy atom. The van der Waals surface area contributed by atoms with Crippen LogP contribution in [0.25, 0.3) is 0 Å². The van der Waals surface area contributed by atoms with Gasteiger partial charge in [-0.25, -0.2) is 0 Å². The van der Waals surface area contributed by atoms with Crippen molar-refractivity contribution in [3.05, 3.63) is 0 Å². The highest BCUT2D eigenvalue weighted by atomic mass is 32.2. The molecule has 1 spiro atoms. The fourth-order valence-electron chi connectivity index (χ4n) is 3.16. The summed E-state index contributed by atoms with van der Waals surface area (Å²) in [6.45, 7) is 0.875. The molecule has 90 valence electrons. The number of carbonyl (C=O) groups excluding carboxylic acids is 1. The third-order valence-corrected chi connectivity index (χ3v) is 6.43. The van der Waals surface area contributed by atoms with Gasteiger partial charge in [0, 0.05) is 24.0 Å². The van der Waals surface area contributed by atoms with Gasteiger partial charge in [-0.2, -0.15) is 23.5 Å². The monoisotopic (exact) mass is 258 g/mol. The van der Waals surface area contributed by atoms with Crippen LogP contribution in [0.3, 0.4) is 0 Å². The van der Waals surface area contributed by atoms with Crippen LogP contribution in [0.15, 0.2) is 0 Å². The van der Waals surface area contributed by atoms with E-state index < -0.39 is 0 Å². The quantitative estimate of drug-likeness (QED) is 0.720. The summed E-state index contributed by atoms with van der Waals surface area (Å²) in [6, 6.07) is 0. The molecule has 0 bridgehead atoms. The first-order valence-corrected chi connectivity index (χ1v) is 8.42. The zero-order valence-corrected chi connectivity index (χ0v) is 11.1. The van der Waals surface area contributed by atoms with Crippen LogP contribution in [0.1, 0.15) is 19.3 Å². The van der Waals surface area contributed by atoms with Crippen LogP contribution in [0.4, 0.5) is 0 Å². The van der Waals surface area contributed by atoms with Gasteiger partial charge in [-0.1, -0.05) is 0 Å². The summed E-state index contributed by atoms with van der Waals surface area (Å²) in [5, 5.41) is 0. The zero-order chi connectivity index (χ0) is 11.0. The summed E-state index contributed by atoms with van der Waals surface area (Å²) in [5.74, 6) is 5.65. The van der Waals surface area contributed by atoms with Gasteiger partial charge in [-0.15, -0.1) is 0 Å². The number of hydrogen-bond acceptors (Lipinski definition) is 4. The molecule has 3 aliphatic rings. The number of carbonyl (C=O) groups is 1. The van der Waals surface area contributed by atoms with Gasteiger partial charge in [0.2, 0.25) is 0 Å². The van der Waals surface area contributed by atoms with Gasteiger partial charge in [0.25, 0.3) is 0 Å².